The summed E-state index contributed by atoms with van der Waals surface area (Å²) < 4.78 is 0. The molecule has 3 unspecified atom stereocenters. The van der Waals surface area contributed by atoms with Gasteiger partial charge in [0.05, 0.1) is 5.92 Å². The summed E-state index contributed by atoms with van der Waals surface area (Å²) in [7, 11) is 0. The molecule has 1 aliphatic carbocycles. The lowest BCUT2D eigenvalue weighted by Crippen LogP contribution is -2.38. The first-order valence-corrected chi connectivity index (χ1v) is 14.7. The quantitative estimate of drug-likeness (QED) is 0.314. The van der Waals surface area contributed by atoms with Gasteiger partial charge in [-0.1, -0.05) is 95.3 Å². The maximum absolute atomic E-state index is 13.3. The van der Waals surface area contributed by atoms with Crippen LogP contribution in [-0.2, 0) is 9.59 Å². The van der Waals surface area contributed by atoms with Gasteiger partial charge in [0.25, 0.3) is 0 Å². The summed E-state index contributed by atoms with van der Waals surface area (Å²) in [6, 6.07) is 15.7. The monoisotopic (exact) mass is 561 g/mol. The van der Waals surface area contributed by atoms with Crippen LogP contribution in [0, 0.1) is 11.3 Å². The van der Waals surface area contributed by atoms with E-state index in [1.807, 2.05) is 44.2 Å². The van der Waals surface area contributed by atoms with Gasteiger partial charge in [0.2, 0.25) is 12.3 Å². The topological polar surface area (TPSA) is 70.2 Å². The molecule has 2 aromatic rings. The number of rotatable bonds is 6. The number of anilines is 1. The molecule has 2 aliphatic rings. The van der Waals surface area contributed by atoms with E-state index in [4.69, 9.17) is 23.2 Å². The molecule has 1 saturated carbocycles. The van der Waals surface area contributed by atoms with E-state index in [1.165, 1.54) is 32.1 Å². The second kappa shape index (κ2) is 16.1. The predicted molar refractivity (Wildman–Crippen MR) is 161 cm³/mol. The van der Waals surface area contributed by atoms with Crippen LogP contribution in [0.25, 0.3) is 0 Å². The van der Waals surface area contributed by atoms with E-state index in [0.717, 1.165) is 30.6 Å². The third kappa shape index (κ3) is 10.6. The number of carbonyl (C=O) groups excluding carboxylic acids is 2. The third-order valence-electron chi connectivity index (χ3n) is 6.88. The first kappa shape index (κ1) is 32.1. The Kier molecular flexibility index (Phi) is 13.6. The van der Waals surface area contributed by atoms with Crippen LogP contribution < -0.4 is 16.0 Å². The molecule has 210 valence electrons. The van der Waals surface area contributed by atoms with E-state index in [2.05, 4.69) is 42.8 Å². The van der Waals surface area contributed by atoms with Gasteiger partial charge in [-0.25, -0.2) is 0 Å². The van der Waals surface area contributed by atoms with Gasteiger partial charge in [-0.3, -0.25) is 9.59 Å². The predicted octanol–water partition coefficient (Wildman–Crippen LogP) is 7.83. The van der Waals surface area contributed by atoms with E-state index in [0.29, 0.717) is 16.1 Å². The number of amides is 2. The Hall–Kier alpha value is -2.08. The van der Waals surface area contributed by atoms with Gasteiger partial charge in [-0.2, -0.15) is 0 Å². The Balaban J connectivity index is 0.000000387. The van der Waals surface area contributed by atoms with Crippen molar-refractivity contribution in [2.45, 2.75) is 91.1 Å². The van der Waals surface area contributed by atoms with Crippen LogP contribution in [0.15, 0.2) is 48.5 Å². The molecule has 1 aliphatic heterocycles. The zero-order chi connectivity index (χ0) is 28.1. The van der Waals surface area contributed by atoms with E-state index in [9.17, 15) is 9.59 Å². The molecule has 2 fully saturated rings. The fourth-order valence-electron chi connectivity index (χ4n) is 5.26. The van der Waals surface area contributed by atoms with Gasteiger partial charge < -0.3 is 16.0 Å². The van der Waals surface area contributed by atoms with Crippen LogP contribution in [0.5, 0.6) is 0 Å². The molecule has 3 atom stereocenters. The Morgan fingerprint density at radius 1 is 1.00 bits per heavy atom. The molecule has 2 aromatic carbocycles. The Morgan fingerprint density at radius 2 is 1.63 bits per heavy atom. The van der Waals surface area contributed by atoms with Crippen LogP contribution in [0.2, 0.25) is 10.0 Å². The Bertz CT molecular complexity index is 1000. The van der Waals surface area contributed by atoms with E-state index in [1.54, 1.807) is 12.1 Å². The second-order valence-corrected chi connectivity index (χ2v) is 12.0. The summed E-state index contributed by atoms with van der Waals surface area (Å²) in [6.45, 7) is 11.4. The third-order valence-corrected chi connectivity index (χ3v) is 7.35. The number of hydrogen-bond donors (Lipinski definition) is 3. The van der Waals surface area contributed by atoms with Gasteiger partial charge in [0.1, 0.15) is 0 Å². The number of nitrogens with one attached hydrogen (secondary N) is 3. The average molecular weight is 563 g/mol. The van der Waals surface area contributed by atoms with Crippen molar-refractivity contribution < 1.29 is 9.59 Å². The SMILES string of the molecule is CC.CC(C)(C)CC1NCC(c2cccc(Cl)c2)C1C(=O)Nc1cccc(Cl)c1.O=CNC1CCCCC1. The van der Waals surface area contributed by atoms with Gasteiger partial charge in [-0.05, 0) is 60.6 Å². The van der Waals surface area contributed by atoms with E-state index < -0.39 is 0 Å². The van der Waals surface area contributed by atoms with Crippen LogP contribution in [0.1, 0.15) is 84.6 Å². The smallest absolute Gasteiger partial charge is 0.229 e. The summed E-state index contributed by atoms with van der Waals surface area (Å²) in [5.74, 6) is -0.0848. The summed E-state index contributed by atoms with van der Waals surface area (Å²) in [4.78, 5) is 23.2. The van der Waals surface area contributed by atoms with Crippen molar-refractivity contribution in [1.82, 2.24) is 10.6 Å². The zero-order valence-corrected chi connectivity index (χ0v) is 25.0. The molecular weight excluding hydrogens is 517 g/mol. The minimum absolute atomic E-state index is 0.0153. The van der Waals surface area contributed by atoms with Gasteiger partial charge in [0, 0.05) is 40.3 Å². The fraction of sp³-hybridized carbons (Fsp3) is 0.548. The number of hydrogen-bond acceptors (Lipinski definition) is 3. The lowest BCUT2D eigenvalue weighted by atomic mass is 9.78. The molecule has 2 amide bonds. The van der Waals surface area contributed by atoms with Crippen molar-refractivity contribution in [3.05, 3.63) is 64.1 Å². The van der Waals surface area contributed by atoms with Crippen LogP contribution in [0.3, 0.4) is 0 Å². The first-order chi connectivity index (χ1) is 18.2. The Morgan fingerprint density at radius 3 is 2.21 bits per heavy atom. The number of carbonyl (C=O) groups is 2. The van der Waals surface area contributed by atoms with E-state index in [-0.39, 0.29) is 29.2 Å². The van der Waals surface area contributed by atoms with Crippen LogP contribution in [0.4, 0.5) is 5.69 Å². The molecule has 1 heterocycles. The minimum Gasteiger partial charge on any atom is -0.356 e. The highest BCUT2D eigenvalue weighted by Gasteiger charge is 2.42. The molecule has 0 bridgehead atoms. The molecule has 0 aromatic heterocycles. The van der Waals surface area contributed by atoms with Gasteiger partial charge in [-0.15, -0.1) is 0 Å². The molecule has 5 nitrogen and oxygen atoms in total. The van der Waals surface area contributed by atoms with Gasteiger partial charge >= 0.3 is 0 Å². The molecule has 4 rings (SSSR count). The highest BCUT2D eigenvalue weighted by atomic mass is 35.5. The normalized spacial score (nSPS) is 21.3. The number of halogens is 2. The summed E-state index contributed by atoms with van der Waals surface area (Å²) in [6.07, 6.45) is 8.00. The maximum atomic E-state index is 13.3. The molecule has 38 heavy (non-hydrogen) atoms. The lowest BCUT2D eigenvalue weighted by molar-refractivity contribution is -0.120. The summed E-state index contributed by atoms with van der Waals surface area (Å²) in [5.41, 5.74) is 1.94. The van der Waals surface area contributed by atoms with E-state index >= 15 is 0 Å². The molecule has 1 saturated heterocycles. The van der Waals surface area contributed by atoms with Crippen molar-refractivity contribution >= 4 is 41.2 Å². The zero-order valence-electron chi connectivity index (χ0n) is 23.5. The van der Waals surface area contributed by atoms with Crippen molar-refractivity contribution in [3.8, 4) is 0 Å². The van der Waals surface area contributed by atoms with Crippen molar-refractivity contribution in [3.63, 3.8) is 0 Å². The molecule has 3 N–H and O–H groups in total. The second-order valence-electron chi connectivity index (χ2n) is 11.1. The van der Waals surface area contributed by atoms with Crippen LogP contribution in [-0.4, -0.2) is 30.9 Å². The van der Waals surface area contributed by atoms with Crippen LogP contribution >= 0.6 is 23.2 Å². The Labute approximate surface area is 239 Å². The first-order valence-electron chi connectivity index (χ1n) is 13.9. The molecule has 0 spiro atoms. The largest absolute Gasteiger partial charge is 0.356 e. The van der Waals surface area contributed by atoms with Crippen molar-refractivity contribution in [2.75, 3.05) is 11.9 Å². The fourth-order valence-corrected chi connectivity index (χ4v) is 5.65. The highest BCUT2D eigenvalue weighted by molar-refractivity contribution is 6.31. The minimum atomic E-state index is -0.179. The molecule has 0 radical (unpaired) electrons. The lowest BCUT2D eigenvalue weighted by Gasteiger charge is -2.29. The summed E-state index contributed by atoms with van der Waals surface area (Å²) >= 11 is 12.3. The average Bonchev–Trinajstić information content (AvgIpc) is 3.29. The maximum Gasteiger partial charge on any atom is 0.229 e. The molecular formula is C31H45Cl2N3O2. The standard InChI is InChI=1S/C22H26Cl2N2O.C7H13NO.C2H6/c1-22(2,3)12-19-20(21(27)26-17-9-5-8-16(24)11-17)18(13-25-19)14-6-4-7-15(23)10-14;9-6-8-7-4-2-1-3-5-7;1-2/h4-11,18-20,25H,12-13H2,1-3H3,(H,26,27);6-7H,1-5H2,(H,8,9);1-2H3. The van der Waals surface area contributed by atoms with Crippen molar-refractivity contribution in [1.29, 1.82) is 0 Å². The molecule has 7 heteroatoms. The van der Waals surface area contributed by atoms with Crippen molar-refractivity contribution in [2.24, 2.45) is 11.3 Å². The highest BCUT2D eigenvalue weighted by Crippen LogP contribution is 2.38. The number of benzene rings is 2. The van der Waals surface area contributed by atoms with Gasteiger partial charge in [0.15, 0.2) is 0 Å². The summed E-state index contributed by atoms with van der Waals surface area (Å²) in [5, 5.41) is 10.7.